The van der Waals surface area contributed by atoms with Crippen LogP contribution in [0.1, 0.15) is 25.3 Å². The molecule has 0 bridgehead atoms. The number of amides is 2. The summed E-state index contributed by atoms with van der Waals surface area (Å²) in [5.41, 5.74) is 1.98. The zero-order valence-corrected chi connectivity index (χ0v) is 14.1. The molecule has 0 fully saturated rings. The molecule has 5 heteroatoms. The van der Waals surface area contributed by atoms with Crippen LogP contribution >= 0.6 is 11.6 Å². The number of nitrogens with one attached hydrogen (secondary N) is 2. The maximum atomic E-state index is 12.0. The number of halogens is 1. The summed E-state index contributed by atoms with van der Waals surface area (Å²) in [5.74, 6) is -0.362. The Labute approximate surface area is 146 Å². The molecule has 2 N–H and O–H groups in total. The van der Waals surface area contributed by atoms with Crippen LogP contribution in [0.3, 0.4) is 0 Å². The normalized spacial score (nSPS) is 10.6. The number of hydrogen-bond acceptors (Lipinski definition) is 2. The van der Waals surface area contributed by atoms with Gasteiger partial charge in [0.2, 0.25) is 11.8 Å². The van der Waals surface area contributed by atoms with E-state index in [2.05, 4.69) is 10.6 Å². The minimum Gasteiger partial charge on any atom is -0.326 e. The van der Waals surface area contributed by atoms with Crippen LogP contribution in [0.2, 0.25) is 5.02 Å². The van der Waals surface area contributed by atoms with Crippen LogP contribution in [0.4, 0.5) is 11.4 Å². The van der Waals surface area contributed by atoms with Crippen LogP contribution in [0.5, 0.6) is 0 Å². The van der Waals surface area contributed by atoms with E-state index < -0.39 is 0 Å². The molecule has 24 heavy (non-hydrogen) atoms. The molecule has 0 radical (unpaired) electrons. The maximum absolute atomic E-state index is 12.0. The van der Waals surface area contributed by atoms with E-state index in [0.29, 0.717) is 22.8 Å². The van der Waals surface area contributed by atoms with Gasteiger partial charge in [0.1, 0.15) is 0 Å². The highest BCUT2D eigenvalue weighted by Crippen LogP contribution is 2.25. The maximum Gasteiger partial charge on any atom is 0.248 e. The fourth-order valence-corrected chi connectivity index (χ4v) is 2.22. The summed E-state index contributed by atoms with van der Waals surface area (Å²) in [6.45, 7) is 1.94. The Balaban J connectivity index is 2.04. The largest absolute Gasteiger partial charge is 0.326 e. The topological polar surface area (TPSA) is 58.2 Å². The van der Waals surface area contributed by atoms with E-state index in [1.54, 1.807) is 24.3 Å². The average molecular weight is 343 g/mol. The molecular weight excluding hydrogens is 324 g/mol. The SMILES string of the molecule is CCCC(=O)Nc1ccc(Cl)c(NC(=O)C=Cc2ccccc2)c1. The predicted molar refractivity (Wildman–Crippen MR) is 99.1 cm³/mol. The summed E-state index contributed by atoms with van der Waals surface area (Å²) in [4.78, 5) is 23.7. The smallest absolute Gasteiger partial charge is 0.248 e. The zero-order valence-electron chi connectivity index (χ0n) is 13.4. The van der Waals surface area contributed by atoms with Gasteiger partial charge in [0.05, 0.1) is 10.7 Å². The van der Waals surface area contributed by atoms with E-state index in [4.69, 9.17) is 11.6 Å². The van der Waals surface area contributed by atoms with Gasteiger partial charge in [-0.2, -0.15) is 0 Å². The predicted octanol–water partition coefficient (Wildman–Crippen LogP) is 4.73. The van der Waals surface area contributed by atoms with Crippen molar-refractivity contribution in [2.24, 2.45) is 0 Å². The second-order valence-electron chi connectivity index (χ2n) is 5.23. The third kappa shape index (κ3) is 5.56. The lowest BCUT2D eigenvalue weighted by atomic mass is 10.2. The van der Waals surface area contributed by atoms with E-state index in [9.17, 15) is 9.59 Å². The van der Waals surface area contributed by atoms with Crippen LogP contribution in [-0.4, -0.2) is 11.8 Å². The monoisotopic (exact) mass is 342 g/mol. The number of rotatable bonds is 6. The van der Waals surface area contributed by atoms with Crippen LogP contribution in [-0.2, 0) is 9.59 Å². The van der Waals surface area contributed by atoms with Crippen molar-refractivity contribution in [3.8, 4) is 0 Å². The molecule has 2 rings (SSSR count). The highest BCUT2D eigenvalue weighted by molar-refractivity contribution is 6.34. The first kappa shape index (κ1) is 17.8. The van der Waals surface area contributed by atoms with E-state index in [1.807, 2.05) is 37.3 Å². The molecule has 0 aliphatic carbocycles. The van der Waals surface area contributed by atoms with Gasteiger partial charge in [0.25, 0.3) is 0 Å². The Morgan fingerprint density at radius 3 is 2.54 bits per heavy atom. The molecular formula is C19H19ClN2O2. The molecule has 2 aromatic rings. The third-order valence-corrected chi connectivity index (χ3v) is 3.54. The van der Waals surface area contributed by atoms with E-state index in [-0.39, 0.29) is 11.8 Å². The lowest BCUT2D eigenvalue weighted by molar-refractivity contribution is -0.116. The molecule has 0 unspecified atom stereocenters. The van der Waals surface area contributed by atoms with Crippen LogP contribution in [0.25, 0.3) is 6.08 Å². The van der Waals surface area contributed by atoms with Crippen molar-refractivity contribution in [3.63, 3.8) is 0 Å². The molecule has 0 aliphatic rings. The Hall–Kier alpha value is -2.59. The first-order valence-electron chi connectivity index (χ1n) is 7.72. The zero-order chi connectivity index (χ0) is 17.4. The van der Waals surface area contributed by atoms with E-state index in [1.165, 1.54) is 6.08 Å². The molecule has 2 aromatic carbocycles. The van der Waals surface area contributed by atoms with Gasteiger partial charge < -0.3 is 10.6 Å². The van der Waals surface area contributed by atoms with Gasteiger partial charge in [0, 0.05) is 18.2 Å². The molecule has 0 saturated heterocycles. The van der Waals surface area contributed by atoms with E-state index >= 15 is 0 Å². The molecule has 2 amide bonds. The lowest BCUT2D eigenvalue weighted by Crippen LogP contribution is -2.12. The van der Waals surface area contributed by atoms with Crippen molar-refractivity contribution in [1.29, 1.82) is 0 Å². The second kappa shape index (κ2) is 8.89. The number of carbonyl (C=O) groups is 2. The summed E-state index contributed by atoms with van der Waals surface area (Å²) >= 11 is 6.10. The van der Waals surface area contributed by atoms with Crippen molar-refractivity contribution in [2.45, 2.75) is 19.8 Å². The number of carbonyl (C=O) groups excluding carboxylic acids is 2. The van der Waals surface area contributed by atoms with Crippen molar-refractivity contribution >= 4 is 40.9 Å². The van der Waals surface area contributed by atoms with Crippen molar-refractivity contribution in [2.75, 3.05) is 10.6 Å². The van der Waals surface area contributed by atoms with Crippen molar-refractivity contribution in [1.82, 2.24) is 0 Å². The summed E-state index contributed by atoms with van der Waals surface area (Å²) in [6.07, 6.45) is 4.38. The lowest BCUT2D eigenvalue weighted by Gasteiger charge is -2.09. The van der Waals surface area contributed by atoms with Gasteiger partial charge in [-0.1, -0.05) is 48.9 Å². The van der Waals surface area contributed by atoms with Gasteiger partial charge in [-0.25, -0.2) is 0 Å². The highest BCUT2D eigenvalue weighted by Gasteiger charge is 2.07. The molecule has 124 valence electrons. The van der Waals surface area contributed by atoms with Crippen molar-refractivity contribution < 1.29 is 9.59 Å². The quantitative estimate of drug-likeness (QED) is 0.745. The summed E-state index contributed by atoms with van der Waals surface area (Å²) in [5, 5.41) is 5.90. The standard InChI is InChI=1S/C19H19ClN2O2/c1-2-6-18(23)21-15-10-11-16(20)17(13-15)22-19(24)12-9-14-7-4-3-5-8-14/h3-5,7-13H,2,6H2,1H3,(H,21,23)(H,22,24). The summed E-state index contributed by atoms with van der Waals surface area (Å²) < 4.78 is 0. The molecule has 0 atom stereocenters. The van der Waals surface area contributed by atoms with Crippen LogP contribution in [0.15, 0.2) is 54.6 Å². The Morgan fingerprint density at radius 2 is 1.83 bits per heavy atom. The summed E-state index contributed by atoms with van der Waals surface area (Å²) in [7, 11) is 0. The van der Waals surface area contributed by atoms with Gasteiger partial charge >= 0.3 is 0 Å². The highest BCUT2D eigenvalue weighted by atomic mass is 35.5. The molecule has 4 nitrogen and oxygen atoms in total. The summed E-state index contributed by atoms with van der Waals surface area (Å²) in [6, 6.07) is 14.5. The minimum atomic E-state index is -0.294. The van der Waals surface area contributed by atoms with Gasteiger partial charge in [-0.3, -0.25) is 9.59 Å². The number of benzene rings is 2. The molecule has 0 aliphatic heterocycles. The van der Waals surface area contributed by atoms with Gasteiger partial charge in [0.15, 0.2) is 0 Å². The fraction of sp³-hybridized carbons (Fsp3) is 0.158. The minimum absolute atomic E-state index is 0.0685. The van der Waals surface area contributed by atoms with Crippen molar-refractivity contribution in [3.05, 3.63) is 65.2 Å². The Morgan fingerprint density at radius 1 is 1.08 bits per heavy atom. The Kier molecular flexibility index (Phi) is 6.58. The third-order valence-electron chi connectivity index (χ3n) is 3.21. The first-order valence-corrected chi connectivity index (χ1v) is 8.10. The molecule has 0 aromatic heterocycles. The van der Waals surface area contributed by atoms with E-state index in [0.717, 1.165) is 12.0 Å². The molecule has 0 heterocycles. The van der Waals surface area contributed by atoms with Crippen LogP contribution in [0, 0.1) is 0 Å². The second-order valence-corrected chi connectivity index (χ2v) is 5.63. The molecule has 0 spiro atoms. The Bertz CT molecular complexity index is 742. The fourth-order valence-electron chi connectivity index (χ4n) is 2.06. The van der Waals surface area contributed by atoms with Crippen LogP contribution < -0.4 is 10.6 Å². The average Bonchev–Trinajstić information content (AvgIpc) is 2.57. The molecule has 0 saturated carbocycles. The number of anilines is 2. The first-order chi connectivity index (χ1) is 11.6. The number of hydrogen-bond donors (Lipinski definition) is 2. The van der Waals surface area contributed by atoms with Gasteiger partial charge in [-0.15, -0.1) is 0 Å². The van der Waals surface area contributed by atoms with Gasteiger partial charge in [-0.05, 0) is 36.3 Å².